The van der Waals surface area contributed by atoms with Crippen molar-refractivity contribution < 1.29 is 4.74 Å². The molecule has 2 N–H and O–H groups in total. The maximum absolute atomic E-state index is 6.36. The van der Waals surface area contributed by atoms with Crippen LogP contribution in [0.4, 0.5) is 0 Å². The van der Waals surface area contributed by atoms with Crippen LogP contribution >= 0.6 is 31.9 Å². The summed E-state index contributed by atoms with van der Waals surface area (Å²) >= 11 is 7.05. The standard InChI is InChI=1S/C16H17Br2NO/c1-10-7-12(17)3-5-14(10)16(19)9-11-8-13(20-2)4-6-15(11)18/h3-8,16H,9,19H2,1-2H3. The Morgan fingerprint density at radius 3 is 2.55 bits per heavy atom. The lowest BCUT2D eigenvalue weighted by molar-refractivity contribution is 0.414. The zero-order valence-corrected chi connectivity index (χ0v) is 14.7. The van der Waals surface area contributed by atoms with Gasteiger partial charge in [0.15, 0.2) is 0 Å². The van der Waals surface area contributed by atoms with Crippen LogP contribution in [0.1, 0.15) is 22.7 Å². The van der Waals surface area contributed by atoms with Gasteiger partial charge in [0, 0.05) is 15.0 Å². The molecule has 0 fully saturated rings. The molecule has 0 bridgehead atoms. The van der Waals surface area contributed by atoms with Crippen LogP contribution in [0.2, 0.25) is 0 Å². The monoisotopic (exact) mass is 397 g/mol. The molecular formula is C16H17Br2NO. The van der Waals surface area contributed by atoms with Gasteiger partial charge < -0.3 is 10.5 Å². The summed E-state index contributed by atoms with van der Waals surface area (Å²) in [5.41, 5.74) is 9.88. The molecule has 2 nitrogen and oxygen atoms in total. The van der Waals surface area contributed by atoms with Crippen LogP contribution in [-0.4, -0.2) is 7.11 Å². The van der Waals surface area contributed by atoms with Gasteiger partial charge in [0.1, 0.15) is 5.75 Å². The van der Waals surface area contributed by atoms with Gasteiger partial charge in [-0.3, -0.25) is 0 Å². The number of halogens is 2. The Bertz CT molecular complexity index is 613. The summed E-state index contributed by atoms with van der Waals surface area (Å²) in [5, 5.41) is 0. The topological polar surface area (TPSA) is 35.2 Å². The van der Waals surface area contributed by atoms with Crippen LogP contribution in [0.15, 0.2) is 45.3 Å². The van der Waals surface area contributed by atoms with E-state index >= 15 is 0 Å². The molecule has 0 radical (unpaired) electrons. The molecule has 2 rings (SSSR count). The van der Waals surface area contributed by atoms with Crippen molar-refractivity contribution in [2.24, 2.45) is 5.73 Å². The number of hydrogen-bond donors (Lipinski definition) is 1. The minimum Gasteiger partial charge on any atom is -0.497 e. The highest BCUT2D eigenvalue weighted by Crippen LogP contribution is 2.28. The van der Waals surface area contributed by atoms with Crippen LogP contribution in [0.25, 0.3) is 0 Å². The van der Waals surface area contributed by atoms with E-state index in [0.29, 0.717) is 0 Å². The van der Waals surface area contributed by atoms with Crippen molar-refractivity contribution in [2.45, 2.75) is 19.4 Å². The molecule has 0 spiro atoms. The Balaban J connectivity index is 2.25. The second kappa shape index (κ2) is 6.74. The fourth-order valence-corrected chi connectivity index (χ4v) is 3.12. The molecule has 106 valence electrons. The van der Waals surface area contributed by atoms with Crippen molar-refractivity contribution in [2.75, 3.05) is 7.11 Å². The molecule has 0 saturated carbocycles. The lowest BCUT2D eigenvalue weighted by Crippen LogP contribution is -2.15. The molecule has 4 heteroatoms. The van der Waals surface area contributed by atoms with Gasteiger partial charge in [-0.05, 0) is 60.4 Å². The zero-order valence-electron chi connectivity index (χ0n) is 11.5. The minimum absolute atomic E-state index is 0.0356. The number of hydrogen-bond acceptors (Lipinski definition) is 2. The SMILES string of the molecule is COc1ccc(Br)c(CC(N)c2ccc(Br)cc2C)c1. The van der Waals surface area contributed by atoms with Crippen molar-refractivity contribution in [1.29, 1.82) is 0 Å². The molecule has 1 unspecified atom stereocenters. The van der Waals surface area contributed by atoms with Gasteiger partial charge in [-0.15, -0.1) is 0 Å². The Kier molecular flexibility index (Phi) is 5.24. The predicted molar refractivity (Wildman–Crippen MR) is 90.2 cm³/mol. The maximum Gasteiger partial charge on any atom is 0.119 e. The first-order valence-corrected chi connectivity index (χ1v) is 7.94. The minimum atomic E-state index is -0.0356. The fourth-order valence-electron chi connectivity index (χ4n) is 2.24. The molecular weight excluding hydrogens is 382 g/mol. The third-order valence-electron chi connectivity index (χ3n) is 3.32. The Morgan fingerprint density at radius 1 is 1.15 bits per heavy atom. The third kappa shape index (κ3) is 3.62. The number of nitrogens with two attached hydrogens (primary N) is 1. The largest absolute Gasteiger partial charge is 0.497 e. The van der Waals surface area contributed by atoms with Crippen molar-refractivity contribution in [3.8, 4) is 5.75 Å². The van der Waals surface area contributed by atoms with Crippen LogP contribution in [-0.2, 0) is 6.42 Å². The highest BCUT2D eigenvalue weighted by atomic mass is 79.9. The van der Waals surface area contributed by atoms with E-state index in [4.69, 9.17) is 10.5 Å². The van der Waals surface area contributed by atoms with E-state index in [0.717, 1.165) is 26.7 Å². The van der Waals surface area contributed by atoms with Gasteiger partial charge >= 0.3 is 0 Å². The van der Waals surface area contributed by atoms with Crippen molar-refractivity contribution in [3.63, 3.8) is 0 Å². The van der Waals surface area contributed by atoms with E-state index in [-0.39, 0.29) is 6.04 Å². The van der Waals surface area contributed by atoms with Crippen LogP contribution in [0.5, 0.6) is 5.75 Å². The molecule has 0 heterocycles. The summed E-state index contributed by atoms with van der Waals surface area (Å²) in [6.45, 7) is 2.08. The summed E-state index contributed by atoms with van der Waals surface area (Å²) in [4.78, 5) is 0. The van der Waals surface area contributed by atoms with Crippen LogP contribution in [0.3, 0.4) is 0 Å². The Hall–Kier alpha value is -0.840. The van der Waals surface area contributed by atoms with Crippen molar-refractivity contribution in [3.05, 3.63) is 62.0 Å². The predicted octanol–water partition coefficient (Wildman–Crippen LogP) is 4.77. The quantitative estimate of drug-likeness (QED) is 0.804. The highest BCUT2D eigenvalue weighted by Gasteiger charge is 2.12. The molecule has 0 aliphatic heterocycles. The number of methoxy groups -OCH3 is 1. The van der Waals surface area contributed by atoms with Gasteiger partial charge in [-0.2, -0.15) is 0 Å². The summed E-state index contributed by atoms with van der Waals surface area (Å²) < 4.78 is 7.40. The Morgan fingerprint density at radius 2 is 1.90 bits per heavy atom. The summed E-state index contributed by atoms with van der Waals surface area (Å²) in [6, 6.07) is 12.1. The lowest BCUT2D eigenvalue weighted by Gasteiger charge is -2.16. The first-order valence-electron chi connectivity index (χ1n) is 6.35. The fraction of sp³-hybridized carbons (Fsp3) is 0.250. The van der Waals surface area contributed by atoms with Gasteiger partial charge in [0.25, 0.3) is 0 Å². The third-order valence-corrected chi connectivity index (χ3v) is 4.59. The number of ether oxygens (including phenoxy) is 1. The highest BCUT2D eigenvalue weighted by molar-refractivity contribution is 9.10. The molecule has 0 amide bonds. The molecule has 2 aromatic carbocycles. The van der Waals surface area contributed by atoms with E-state index in [2.05, 4.69) is 50.9 Å². The van der Waals surface area contributed by atoms with E-state index in [9.17, 15) is 0 Å². The maximum atomic E-state index is 6.36. The van der Waals surface area contributed by atoms with Gasteiger partial charge in [-0.25, -0.2) is 0 Å². The molecule has 20 heavy (non-hydrogen) atoms. The van der Waals surface area contributed by atoms with Gasteiger partial charge in [0.2, 0.25) is 0 Å². The average molecular weight is 399 g/mol. The first-order chi connectivity index (χ1) is 9.51. The van der Waals surface area contributed by atoms with Crippen LogP contribution in [0, 0.1) is 6.92 Å². The molecule has 0 saturated heterocycles. The van der Waals surface area contributed by atoms with E-state index in [1.165, 1.54) is 11.1 Å². The normalized spacial score (nSPS) is 12.2. The van der Waals surface area contributed by atoms with Crippen molar-refractivity contribution in [1.82, 2.24) is 0 Å². The zero-order chi connectivity index (χ0) is 14.7. The Labute approximate surface area is 136 Å². The number of rotatable bonds is 4. The second-order valence-corrected chi connectivity index (χ2v) is 6.54. The second-order valence-electron chi connectivity index (χ2n) is 4.77. The van der Waals surface area contributed by atoms with Crippen molar-refractivity contribution >= 4 is 31.9 Å². The number of benzene rings is 2. The molecule has 0 aliphatic carbocycles. The summed E-state index contributed by atoms with van der Waals surface area (Å²) in [7, 11) is 1.67. The molecule has 1 atom stereocenters. The summed E-state index contributed by atoms with van der Waals surface area (Å²) in [6.07, 6.45) is 0.764. The first kappa shape index (κ1) is 15.5. The molecule has 2 aromatic rings. The van der Waals surface area contributed by atoms with E-state index in [1.54, 1.807) is 7.11 Å². The average Bonchev–Trinajstić information content (AvgIpc) is 2.41. The van der Waals surface area contributed by atoms with Crippen LogP contribution < -0.4 is 10.5 Å². The summed E-state index contributed by atoms with van der Waals surface area (Å²) in [5.74, 6) is 0.850. The van der Waals surface area contributed by atoms with Gasteiger partial charge in [0.05, 0.1) is 7.11 Å². The van der Waals surface area contributed by atoms with E-state index < -0.39 is 0 Å². The van der Waals surface area contributed by atoms with Gasteiger partial charge in [-0.1, -0.05) is 37.9 Å². The van der Waals surface area contributed by atoms with E-state index in [1.807, 2.05) is 24.3 Å². The smallest absolute Gasteiger partial charge is 0.119 e. The molecule has 0 aliphatic rings. The number of aryl methyl sites for hydroxylation is 1. The lowest BCUT2D eigenvalue weighted by atomic mass is 9.96. The molecule has 0 aromatic heterocycles.